The number of aromatic nitrogens is 2. The zero-order valence-corrected chi connectivity index (χ0v) is 9.20. The average molecular weight is 240 g/mol. The summed E-state index contributed by atoms with van der Waals surface area (Å²) in [6.45, 7) is 0. The number of rotatable bonds is 0. The first-order valence-corrected chi connectivity index (χ1v) is 5.60. The Labute approximate surface area is 97.2 Å². The molecule has 1 aliphatic carbocycles. The lowest BCUT2D eigenvalue weighted by Gasteiger charge is -2.36. The second kappa shape index (κ2) is 3.59. The van der Waals surface area contributed by atoms with E-state index >= 15 is 0 Å². The number of hydrogen-bond acceptors (Lipinski definition) is 5. The predicted molar refractivity (Wildman–Crippen MR) is 57.7 cm³/mol. The van der Waals surface area contributed by atoms with Gasteiger partial charge in [0.15, 0.2) is 28.6 Å². The van der Waals surface area contributed by atoms with E-state index in [2.05, 4.69) is 15.3 Å². The average Bonchev–Trinajstić information content (AvgIpc) is 2.28. The van der Waals surface area contributed by atoms with Crippen LogP contribution in [-0.2, 0) is 4.79 Å². The first-order valence-electron chi connectivity index (χ1n) is 5.22. The van der Waals surface area contributed by atoms with Crippen LogP contribution >= 0.6 is 11.6 Å². The first kappa shape index (κ1) is 9.84. The standard InChI is InChI=1S/C10H10ClN3O2/c11-9-8-10(13-4-12-9)14-5-2-1-3-6(15)7(5)16-8/h4-5,7H,1-3H2,(H,12,13,14)/t5-,7-/m0/s1. The fourth-order valence-electron chi connectivity index (χ4n) is 2.17. The molecule has 0 bridgehead atoms. The van der Waals surface area contributed by atoms with E-state index in [1.807, 2.05) is 0 Å². The van der Waals surface area contributed by atoms with Crippen molar-refractivity contribution in [2.24, 2.45) is 0 Å². The van der Waals surface area contributed by atoms with Gasteiger partial charge < -0.3 is 10.1 Å². The van der Waals surface area contributed by atoms with Gasteiger partial charge in [0.25, 0.3) is 0 Å². The number of carbonyl (C=O) groups excluding carboxylic acids is 1. The van der Waals surface area contributed by atoms with E-state index < -0.39 is 6.10 Å². The van der Waals surface area contributed by atoms with E-state index in [-0.39, 0.29) is 17.0 Å². The molecule has 1 aromatic heterocycles. The third kappa shape index (κ3) is 1.43. The first-order chi connectivity index (χ1) is 7.75. The Morgan fingerprint density at radius 2 is 2.38 bits per heavy atom. The monoisotopic (exact) mass is 239 g/mol. The van der Waals surface area contributed by atoms with E-state index in [9.17, 15) is 4.79 Å². The highest BCUT2D eigenvalue weighted by atomic mass is 35.5. The number of ether oxygens (including phenoxy) is 1. The van der Waals surface area contributed by atoms with Crippen molar-refractivity contribution >= 4 is 23.2 Å². The van der Waals surface area contributed by atoms with Crippen molar-refractivity contribution in [1.82, 2.24) is 9.97 Å². The molecule has 5 nitrogen and oxygen atoms in total. The molecule has 1 aromatic rings. The minimum atomic E-state index is -0.440. The summed E-state index contributed by atoms with van der Waals surface area (Å²) in [7, 11) is 0. The Morgan fingerprint density at radius 1 is 1.50 bits per heavy atom. The van der Waals surface area contributed by atoms with Gasteiger partial charge in [0.05, 0.1) is 6.04 Å². The lowest BCUT2D eigenvalue weighted by molar-refractivity contribution is -0.128. The number of ketones is 1. The smallest absolute Gasteiger partial charge is 0.200 e. The van der Waals surface area contributed by atoms with Gasteiger partial charge in [-0.2, -0.15) is 0 Å². The molecule has 84 valence electrons. The summed E-state index contributed by atoms with van der Waals surface area (Å²) in [5.74, 6) is 1.09. The Morgan fingerprint density at radius 3 is 3.25 bits per heavy atom. The molecule has 2 atom stereocenters. The number of nitrogens with zero attached hydrogens (tertiary/aromatic N) is 2. The molecular formula is C10H10ClN3O2. The SMILES string of the molecule is O=C1CCC[C@@H]2Nc3ncnc(Cl)c3O[C@H]12. The van der Waals surface area contributed by atoms with Crippen LogP contribution in [0.15, 0.2) is 6.33 Å². The number of halogens is 1. The maximum absolute atomic E-state index is 11.7. The molecule has 0 amide bonds. The molecule has 0 radical (unpaired) electrons. The topological polar surface area (TPSA) is 64.1 Å². The van der Waals surface area contributed by atoms with Crippen LogP contribution in [0.25, 0.3) is 0 Å². The van der Waals surface area contributed by atoms with E-state index in [1.54, 1.807) is 0 Å². The van der Waals surface area contributed by atoms with E-state index in [0.29, 0.717) is 18.0 Å². The molecular weight excluding hydrogens is 230 g/mol. The molecule has 1 fully saturated rings. The number of fused-ring (bicyclic) bond motifs is 2. The van der Waals surface area contributed by atoms with Crippen LogP contribution in [0.4, 0.5) is 5.82 Å². The van der Waals surface area contributed by atoms with Gasteiger partial charge in [0.1, 0.15) is 6.33 Å². The van der Waals surface area contributed by atoms with Crippen LogP contribution in [-0.4, -0.2) is 27.9 Å². The van der Waals surface area contributed by atoms with Gasteiger partial charge in [-0.15, -0.1) is 0 Å². The molecule has 3 rings (SSSR count). The number of nitrogens with one attached hydrogen (secondary N) is 1. The lowest BCUT2D eigenvalue weighted by atomic mass is 9.90. The summed E-state index contributed by atoms with van der Waals surface area (Å²) < 4.78 is 5.61. The van der Waals surface area contributed by atoms with Gasteiger partial charge in [-0.25, -0.2) is 9.97 Å². The Balaban J connectivity index is 1.99. The third-order valence-corrected chi connectivity index (χ3v) is 3.22. The van der Waals surface area contributed by atoms with Gasteiger partial charge >= 0.3 is 0 Å². The van der Waals surface area contributed by atoms with Crippen LogP contribution in [0.2, 0.25) is 5.15 Å². The van der Waals surface area contributed by atoms with Gasteiger partial charge in [-0.1, -0.05) is 11.6 Å². The van der Waals surface area contributed by atoms with Gasteiger partial charge in [0, 0.05) is 6.42 Å². The Kier molecular flexibility index (Phi) is 2.21. The van der Waals surface area contributed by atoms with Crippen LogP contribution in [0, 0.1) is 0 Å². The van der Waals surface area contributed by atoms with Crippen molar-refractivity contribution in [3.05, 3.63) is 11.5 Å². The molecule has 0 unspecified atom stereocenters. The largest absolute Gasteiger partial charge is 0.473 e. The summed E-state index contributed by atoms with van der Waals surface area (Å²) in [5.41, 5.74) is 0. The van der Waals surface area contributed by atoms with Crippen LogP contribution in [0.3, 0.4) is 0 Å². The number of Topliss-reactive ketones (excluding diaryl/α,β-unsaturated/α-hetero) is 1. The quantitative estimate of drug-likeness (QED) is 0.694. The highest BCUT2D eigenvalue weighted by Crippen LogP contribution is 2.37. The number of hydrogen-bond donors (Lipinski definition) is 1. The minimum Gasteiger partial charge on any atom is -0.473 e. The zero-order valence-electron chi connectivity index (χ0n) is 8.44. The highest BCUT2D eigenvalue weighted by molar-refractivity contribution is 6.31. The zero-order chi connectivity index (χ0) is 11.1. The maximum Gasteiger partial charge on any atom is 0.200 e. The Hall–Kier alpha value is -1.36. The van der Waals surface area contributed by atoms with Crippen molar-refractivity contribution in [3.8, 4) is 5.75 Å². The molecule has 1 saturated carbocycles. The molecule has 0 saturated heterocycles. The van der Waals surface area contributed by atoms with Gasteiger partial charge in [0.2, 0.25) is 0 Å². The molecule has 0 spiro atoms. The van der Waals surface area contributed by atoms with E-state index in [0.717, 1.165) is 12.8 Å². The fourth-order valence-corrected chi connectivity index (χ4v) is 2.35. The third-order valence-electron chi connectivity index (χ3n) is 2.95. The second-order valence-electron chi connectivity index (χ2n) is 3.99. The lowest BCUT2D eigenvalue weighted by Crippen LogP contribution is -2.49. The maximum atomic E-state index is 11.7. The molecule has 0 aromatic carbocycles. The summed E-state index contributed by atoms with van der Waals surface area (Å²) in [4.78, 5) is 19.6. The molecule has 16 heavy (non-hydrogen) atoms. The molecule has 2 heterocycles. The van der Waals surface area contributed by atoms with Crippen LogP contribution in [0.5, 0.6) is 5.75 Å². The second-order valence-corrected chi connectivity index (χ2v) is 4.35. The predicted octanol–water partition coefficient (Wildman–Crippen LogP) is 1.42. The molecule has 6 heteroatoms. The summed E-state index contributed by atoms with van der Waals surface area (Å²) in [6.07, 6.45) is 3.32. The van der Waals surface area contributed by atoms with Crippen molar-refractivity contribution in [2.75, 3.05) is 5.32 Å². The van der Waals surface area contributed by atoms with Crippen LogP contribution in [0.1, 0.15) is 19.3 Å². The van der Waals surface area contributed by atoms with Crippen molar-refractivity contribution < 1.29 is 9.53 Å². The van der Waals surface area contributed by atoms with Crippen molar-refractivity contribution in [3.63, 3.8) is 0 Å². The van der Waals surface area contributed by atoms with Crippen molar-refractivity contribution in [1.29, 1.82) is 0 Å². The van der Waals surface area contributed by atoms with Gasteiger partial charge in [-0.3, -0.25) is 4.79 Å². The summed E-state index contributed by atoms with van der Waals surface area (Å²) in [6, 6.07) is 0.0136. The molecule has 1 N–H and O–H groups in total. The van der Waals surface area contributed by atoms with E-state index in [1.165, 1.54) is 6.33 Å². The minimum absolute atomic E-state index is 0.0136. The molecule has 1 aliphatic heterocycles. The van der Waals surface area contributed by atoms with E-state index in [4.69, 9.17) is 16.3 Å². The Bertz CT molecular complexity index is 452. The normalized spacial score (nSPS) is 27.4. The summed E-state index contributed by atoms with van der Waals surface area (Å²) in [5, 5.41) is 3.43. The highest BCUT2D eigenvalue weighted by Gasteiger charge is 2.38. The van der Waals surface area contributed by atoms with Crippen molar-refractivity contribution in [2.45, 2.75) is 31.4 Å². The fraction of sp³-hybridized carbons (Fsp3) is 0.500. The van der Waals surface area contributed by atoms with Crippen LogP contribution < -0.4 is 10.1 Å². The van der Waals surface area contributed by atoms with Gasteiger partial charge in [-0.05, 0) is 12.8 Å². The number of anilines is 1. The number of carbonyl (C=O) groups is 1. The summed E-state index contributed by atoms with van der Waals surface area (Å²) >= 11 is 5.89. The molecule has 2 aliphatic rings.